The van der Waals surface area contributed by atoms with Gasteiger partial charge in [0.1, 0.15) is 0 Å². The summed E-state index contributed by atoms with van der Waals surface area (Å²) < 4.78 is 6.00. The smallest absolute Gasteiger partial charge is 0.0860 e. The highest BCUT2D eigenvalue weighted by Crippen LogP contribution is 2.34. The number of fused-ring (bicyclic) bond motifs is 1. The van der Waals surface area contributed by atoms with E-state index >= 15 is 0 Å². The summed E-state index contributed by atoms with van der Waals surface area (Å²) in [5, 5.41) is 5.36. The zero-order valence-corrected chi connectivity index (χ0v) is 13.1. The van der Waals surface area contributed by atoms with E-state index in [0.717, 1.165) is 53.9 Å². The fourth-order valence-electron chi connectivity index (χ4n) is 2.97. The van der Waals surface area contributed by atoms with Gasteiger partial charge < -0.3 is 10.1 Å². The second-order valence-electron chi connectivity index (χ2n) is 5.57. The predicted octanol–water partition coefficient (Wildman–Crippen LogP) is 4.11. The highest BCUT2D eigenvalue weighted by molar-refractivity contribution is 6.35. The van der Waals surface area contributed by atoms with Crippen LogP contribution in [-0.4, -0.2) is 24.2 Å². The predicted molar refractivity (Wildman–Crippen MR) is 86.8 cm³/mol. The van der Waals surface area contributed by atoms with Crippen LogP contribution >= 0.6 is 11.6 Å². The third-order valence-corrected chi connectivity index (χ3v) is 4.39. The number of pyridine rings is 1. The number of halogens is 1. The Morgan fingerprint density at radius 1 is 1.38 bits per heavy atom. The van der Waals surface area contributed by atoms with E-state index in [1.54, 1.807) is 0 Å². The number of nitrogens with one attached hydrogen (secondary N) is 1. The second-order valence-corrected chi connectivity index (χ2v) is 5.98. The van der Waals surface area contributed by atoms with Crippen LogP contribution in [0.3, 0.4) is 0 Å². The Morgan fingerprint density at radius 3 is 3.14 bits per heavy atom. The lowest BCUT2D eigenvalue weighted by atomic mass is 9.95. The van der Waals surface area contributed by atoms with Crippen molar-refractivity contribution in [1.29, 1.82) is 0 Å². The Kier molecular flexibility index (Phi) is 4.73. The van der Waals surface area contributed by atoms with Crippen molar-refractivity contribution in [3.8, 4) is 0 Å². The van der Waals surface area contributed by atoms with Crippen molar-refractivity contribution >= 4 is 22.5 Å². The molecular formula is C17H21ClN2O. The molecule has 0 radical (unpaired) electrons. The molecule has 112 valence electrons. The van der Waals surface area contributed by atoms with Crippen molar-refractivity contribution in [1.82, 2.24) is 10.3 Å². The molecule has 2 unspecified atom stereocenters. The topological polar surface area (TPSA) is 34.1 Å². The molecule has 1 N–H and O–H groups in total. The molecule has 2 heterocycles. The Bertz CT molecular complexity index is 617. The van der Waals surface area contributed by atoms with Gasteiger partial charge in [0.2, 0.25) is 0 Å². The maximum atomic E-state index is 6.27. The maximum Gasteiger partial charge on any atom is 0.0860 e. The Hall–Kier alpha value is -1.16. The van der Waals surface area contributed by atoms with Gasteiger partial charge in [-0.1, -0.05) is 24.6 Å². The van der Waals surface area contributed by atoms with E-state index in [-0.39, 0.29) is 6.10 Å². The average molecular weight is 305 g/mol. The summed E-state index contributed by atoms with van der Waals surface area (Å²) in [4.78, 5) is 4.52. The third kappa shape index (κ3) is 3.20. The van der Waals surface area contributed by atoms with Crippen LogP contribution in [0.15, 0.2) is 30.5 Å². The Morgan fingerprint density at radius 2 is 2.29 bits per heavy atom. The minimum atomic E-state index is 0.0998. The maximum absolute atomic E-state index is 6.27. The van der Waals surface area contributed by atoms with Crippen molar-refractivity contribution < 1.29 is 4.74 Å². The van der Waals surface area contributed by atoms with Gasteiger partial charge in [-0.3, -0.25) is 4.98 Å². The molecule has 1 saturated heterocycles. The normalized spacial score (nSPS) is 22.6. The molecule has 21 heavy (non-hydrogen) atoms. The largest absolute Gasteiger partial charge is 0.373 e. The molecule has 0 saturated carbocycles. The van der Waals surface area contributed by atoms with E-state index in [2.05, 4.69) is 23.3 Å². The molecule has 2 aromatic rings. The van der Waals surface area contributed by atoms with Gasteiger partial charge in [-0.2, -0.15) is 0 Å². The number of hydrogen-bond acceptors (Lipinski definition) is 3. The lowest BCUT2D eigenvalue weighted by molar-refractivity contribution is 0.00111. The van der Waals surface area contributed by atoms with Gasteiger partial charge in [-0.05, 0) is 44.0 Å². The van der Waals surface area contributed by atoms with E-state index in [1.807, 2.05) is 24.4 Å². The number of aromatic nitrogens is 1. The van der Waals surface area contributed by atoms with Crippen molar-refractivity contribution in [3.05, 3.63) is 41.0 Å². The van der Waals surface area contributed by atoms with Gasteiger partial charge in [0.15, 0.2) is 0 Å². The molecule has 1 aliphatic heterocycles. The zero-order chi connectivity index (χ0) is 14.7. The Labute approximate surface area is 130 Å². The molecule has 1 aromatic heterocycles. The van der Waals surface area contributed by atoms with Gasteiger partial charge >= 0.3 is 0 Å². The minimum absolute atomic E-state index is 0.0998. The van der Waals surface area contributed by atoms with Crippen LogP contribution in [-0.2, 0) is 4.74 Å². The van der Waals surface area contributed by atoms with E-state index in [0.29, 0.717) is 6.04 Å². The third-order valence-electron chi connectivity index (χ3n) is 4.06. The summed E-state index contributed by atoms with van der Waals surface area (Å²) in [7, 11) is 0. The lowest BCUT2D eigenvalue weighted by Crippen LogP contribution is -2.36. The minimum Gasteiger partial charge on any atom is -0.373 e. The quantitative estimate of drug-likeness (QED) is 0.923. The average Bonchev–Trinajstić information content (AvgIpc) is 2.54. The van der Waals surface area contributed by atoms with Gasteiger partial charge in [-0.25, -0.2) is 0 Å². The van der Waals surface area contributed by atoms with E-state index in [4.69, 9.17) is 16.3 Å². The monoisotopic (exact) mass is 304 g/mol. The molecule has 0 bridgehead atoms. The molecule has 1 aromatic carbocycles. The number of benzene rings is 1. The standard InChI is InChI=1S/C17H21ClN2O/c1-2-8-19-12-7-10-21-16(11-12)14-5-6-15(18)13-4-3-9-20-17(13)14/h3-6,9,12,16,19H,2,7-8,10-11H2,1H3. The van der Waals surface area contributed by atoms with Crippen LogP contribution in [0.5, 0.6) is 0 Å². The molecule has 0 aliphatic carbocycles. The summed E-state index contributed by atoms with van der Waals surface area (Å²) in [6.07, 6.45) is 5.15. The van der Waals surface area contributed by atoms with Crippen molar-refractivity contribution in [2.45, 2.75) is 38.3 Å². The molecule has 1 aliphatic rings. The summed E-state index contributed by atoms with van der Waals surface area (Å²) in [6, 6.07) is 8.48. The van der Waals surface area contributed by atoms with Crippen LogP contribution in [0, 0.1) is 0 Å². The van der Waals surface area contributed by atoms with Gasteiger partial charge in [-0.15, -0.1) is 0 Å². The molecule has 1 fully saturated rings. The first kappa shape index (κ1) is 14.8. The number of ether oxygens (including phenoxy) is 1. The van der Waals surface area contributed by atoms with E-state index in [1.165, 1.54) is 0 Å². The van der Waals surface area contributed by atoms with Gasteiger partial charge in [0.25, 0.3) is 0 Å². The van der Waals surface area contributed by atoms with Crippen LogP contribution in [0.2, 0.25) is 5.02 Å². The molecule has 4 heteroatoms. The summed E-state index contributed by atoms with van der Waals surface area (Å²) in [6.45, 7) is 4.06. The number of rotatable bonds is 4. The van der Waals surface area contributed by atoms with Crippen molar-refractivity contribution in [3.63, 3.8) is 0 Å². The van der Waals surface area contributed by atoms with Crippen LogP contribution < -0.4 is 5.32 Å². The summed E-state index contributed by atoms with van der Waals surface area (Å²) in [5.41, 5.74) is 2.11. The zero-order valence-electron chi connectivity index (χ0n) is 12.3. The molecule has 2 atom stereocenters. The lowest BCUT2D eigenvalue weighted by Gasteiger charge is -2.31. The summed E-state index contributed by atoms with van der Waals surface area (Å²) >= 11 is 6.27. The molecule has 3 rings (SSSR count). The highest BCUT2D eigenvalue weighted by Gasteiger charge is 2.25. The fraction of sp³-hybridized carbons (Fsp3) is 0.471. The highest BCUT2D eigenvalue weighted by atomic mass is 35.5. The van der Waals surface area contributed by atoms with Crippen LogP contribution in [0.25, 0.3) is 10.9 Å². The SMILES string of the molecule is CCCNC1CCOC(c2ccc(Cl)c3cccnc23)C1. The van der Waals surface area contributed by atoms with Crippen molar-refractivity contribution in [2.24, 2.45) is 0 Å². The van der Waals surface area contributed by atoms with Crippen LogP contribution in [0.1, 0.15) is 37.9 Å². The first-order chi connectivity index (χ1) is 10.3. The van der Waals surface area contributed by atoms with Crippen molar-refractivity contribution in [2.75, 3.05) is 13.2 Å². The van der Waals surface area contributed by atoms with E-state index in [9.17, 15) is 0 Å². The first-order valence-corrected chi connectivity index (χ1v) is 8.05. The molecule has 3 nitrogen and oxygen atoms in total. The molecule has 0 spiro atoms. The molecular weight excluding hydrogens is 284 g/mol. The second kappa shape index (κ2) is 6.73. The first-order valence-electron chi connectivity index (χ1n) is 7.67. The fourth-order valence-corrected chi connectivity index (χ4v) is 3.18. The molecule has 0 amide bonds. The van der Waals surface area contributed by atoms with Gasteiger partial charge in [0, 0.05) is 34.8 Å². The summed E-state index contributed by atoms with van der Waals surface area (Å²) in [5.74, 6) is 0. The number of nitrogens with zero attached hydrogens (tertiary/aromatic N) is 1. The van der Waals surface area contributed by atoms with Crippen LogP contribution in [0.4, 0.5) is 0 Å². The number of hydrogen-bond donors (Lipinski definition) is 1. The van der Waals surface area contributed by atoms with E-state index < -0.39 is 0 Å². The Balaban J connectivity index is 1.88. The van der Waals surface area contributed by atoms with Gasteiger partial charge in [0.05, 0.1) is 11.6 Å².